The summed E-state index contributed by atoms with van der Waals surface area (Å²) in [5.41, 5.74) is 4.74. The summed E-state index contributed by atoms with van der Waals surface area (Å²) in [7, 11) is 0. The minimum Gasteiger partial charge on any atom is -0.443 e. The third-order valence-electron chi connectivity index (χ3n) is 5.21. The molecule has 146 valence electrons. The average Bonchev–Trinajstić information content (AvgIpc) is 2.74. The third-order valence-corrected chi connectivity index (χ3v) is 5.44. The normalized spacial score (nSPS) is 18.1. The quantitative estimate of drug-likeness (QED) is 0.739. The molecule has 2 aromatic rings. The summed E-state index contributed by atoms with van der Waals surface area (Å²) in [6, 6.07) is 13.4. The first-order valence-corrected chi connectivity index (χ1v) is 9.96. The predicted molar refractivity (Wildman–Crippen MR) is 109 cm³/mol. The van der Waals surface area contributed by atoms with Gasteiger partial charge in [0.2, 0.25) is 0 Å². The first-order chi connectivity index (χ1) is 13.6. The van der Waals surface area contributed by atoms with Crippen molar-refractivity contribution in [3.8, 4) is 0 Å². The zero-order chi connectivity index (χ0) is 19.5. The van der Waals surface area contributed by atoms with E-state index in [-0.39, 0.29) is 12.2 Å². The molecular formula is C22H23ClN2O3. The van der Waals surface area contributed by atoms with Crippen molar-refractivity contribution in [3.63, 3.8) is 0 Å². The zero-order valence-corrected chi connectivity index (χ0v) is 16.6. The summed E-state index contributed by atoms with van der Waals surface area (Å²) < 4.78 is 11.0. The van der Waals surface area contributed by atoms with Crippen molar-refractivity contribution >= 4 is 23.3 Å². The number of nitrogens with zero attached hydrogens (tertiary/aromatic N) is 2. The number of rotatable bonds is 4. The molecule has 0 spiro atoms. The van der Waals surface area contributed by atoms with Gasteiger partial charge in [-0.3, -0.25) is 9.89 Å². The number of hydrogen-bond donors (Lipinski definition) is 0. The lowest BCUT2D eigenvalue weighted by molar-refractivity contribution is -0.0636. The molecule has 0 amide bonds. The summed E-state index contributed by atoms with van der Waals surface area (Å²) in [6.07, 6.45) is 0.646. The molecule has 2 aliphatic heterocycles. The van der Waals surface area contributed by atoms with Crippen LogP contribution in [0.2, 0.25) is 5.02 Å². The molecule has 2 heterocycles. The first-order valence-electron chi connectivity index (χ1n) is 9.58. The van der Waals surface area contributed by atoms with E-state index in [0.29, 0.717) is 23.8 Å². The Morgan fingerprint density at radius 1 is 1.18 bits per heavy atom. The van der Waals surface area contributed by atoms with Gasteiger partial charge in [0.25, 0.3) is 0 Å². The fourth-order valence-electron chi connectivity index (χ4n) is 3.61. The smallest absolute Gasteiger partial charge is 0.339 e. The Labute approximate surface area is 169 Å². The molecule has 0 aromatic heterocycles. The second-order valence-electron chi connectivity index (χ2n) is 7.01. The standard InChI is InChI=1S/C22H23ClN2O3/c1-15(25-10-12-27-13-11-25)28-22(26)18-4-2-17(3-5-18)21-20-14-19(23)7-6-16(20)8-9-24-21/h2-7,14-15H,8-13H2,1H3. The Morgan fingerprint density at radius 2 is 1.93 bits per heavy atom. The maximum absolute atomic E-state index is 12.5. The van der Waals surface area contributed by atoms with Crippen LogP contribution in [0.5, 0.6) is 0 Å². The Morgan fingerprint density at radius 3 is 2.68 bits per heavy atom. The van der Waals surface area contributed by atoms with Crippen molar-refractivity contribution in [2.45, 2.75) is 19.6 Å². The fraction of sp³-hybridized carbons (Fsp3) is 0.364. The van der Waals surface area contributed by atoms with E-state index in [9.17, 15) is 4.79 Å². The molecule has 1 unspecified atom stereocenters. The minimum atomic E-state index is -0.320. The van der Waals surface area contributed by atoms with Crippen LogP contribution in [0.3, 0.4) is 0 Å². The number of carbonyl (C=O) groups excluding carboxylic acids is 1. The van der Waals surface area contributed by atoms with E-state index < -0.39 is 0 Å². The highest BCUT2D eigenvalue weighted by atomic mass is 35.5. The average molecular weight is 399 g/mol. The fourth-order valence-corrected chi connectivity index (χ4v) is 3.78. The number of hydrogen-bond acceptors (Lipinski definition) is 5. The lowest BCUT2D eigenvalue weighted by Gasteiger charge is -2.31. The van der Waals surface area contributed by atoms with E-state index in [1.165, 1.54) is 5.56 Å². The molecule has 4 rings (SSSR count). The Bertz CT molecular complexity index is 889. The van der Waals surface area contributed by atoms with Crippen molar-refractivity contribution in [3.05, 3.63) is 69.7 Å². The van der Waals surface area contributed by atoms with Crippen LogP contribution < -0.4 is 0 Å². The van der Waals surface area contributed by atoms with Crippen LogP contribution in [0.25, 0.3) is 0 Å². The molecule has 0 bridgehead atoms. The van der Waals surface area contributed by atoms with Gasteiger partial charge in [0.1, 0.15) is 0 Å². The molecule has 2 aliphatic rings. The van der Waals surface area contributed by atoms with Crippen LogP contribution in [-0.4, -0.2) is 55.7 Å². The van der Waals surface area contributed by atoms with Gasteiger partial charge < -0.3 is 9.47 Å². The van der Waals surface area contributed by atoms with E-state index in [4.69, 9.17) is 21.1 Å². The van der Waals surface area contributed by atoms with Crippen LogP contribution in [0.1, 0.15) is 34.0 Å². The molecule has 28 heavy (non-hydrogen) atoms. The van der Waals surface area contributed by atoms with Crippen molar-refractivity contribution in [1.82, 2.24) is 4.90 Å². The first kappa shape index (κ1) is 19.1. The van der Waals surface area contributed by atoms with Crippen LogP contribution in [0.15, 0.2) is 47.5 Å². The highest BCUT2D eigenvalue weighted by Gasteiger charge is 2.21. The van der Waals surface area contributed by atoms with Gasteiger partial charge >= 0.3 is 5.97 Å². The summed E-state index contributed by atoms with van der Waals surface area (Å²) in [5, 5.41) is 0.700. The maximum Gasteiger partial charge on any atom is 0.339 e. The van der Waals surface area contributed by atoms with E-state index in [2.05, 4.69) is 16.0 Å². The highest BCUT2D eigenvalue weighted by Crippen LogP contribution is 2.24. The van der Waals surface area contributed by atoms with Gasteiger partial charge in [-0.25, -0.2) is 4.79 Å². The number of halogens is 1. The van der Waals surface area contributed by atoms with Crippen LogP contribution in [-0.2, 0) is 15.9 Å². The number of benzene rings is 2. The summed E-state index contributed by atoms with van der Waals surface area (Å²) in [4.78, 5) is 19.3. The summed E-state index contributed by atoms with van der Waals surface area (Å²) >= 11 is 6.18. The summed E-state index contributed by atoms with van der Waals surface area (Å²) in [5.74, 6) is -0.320. The number of fused-ring (bicyclic) bond motifs is 1. The Hall–Kier alpha value is -2.21. The number of esters is 1. The van der Waals surface area contributed by atoms with Gasteiger partial charge in [-0.2, -0.15) is 0 Å². The van der Waals surface area contributed by atoms with E-state index >= 15 is 0 Å². The molecule has 0 aliphatic carbocycles. The molecule has 5 nitrogen and oxygen atoms in total. The molecule has 2 aromatic carbocycles. The lowest BCUT2D eigenvalue weighted by atomic mass is 9.93. The van der Waals surface area contributed by atoms with Gasteiger partial charge in [-0.1, -0.05) is 29.8 Å². The number of aliphatic imine (C=N–C) groups is 1. The van der Waals surface area contributed by atoms with Crippen LogP contribution >= 0.6 is 11.6 Å². The monoisotopic (exact) mass is 398 g/mol. The van der Waals surface area contributed by atoms with E-state index in [0.717, 1.165) is 42.9 Å². The van der Waals surface area contributed by atoms with E-state index in [1.54, 1.807) is 12.1 Å². The molecular weight excluding hydrogens is 376 g/mol. The minimum absolute atomic E-state index is 0.271. The van der Waals surface area contributed by atoms with Crippen LogP contribution in [0, 0.1) is 0 Å². The van der Waals surface area contributed by atoms with Crippen molar-refractivity contribution < 1.29 is 14.3 Å². The zero-order valence-electron chi connectivity index (χ0n) is 15.9. The van der Waals surface area contributed by atoms with Gasteiger partial charge in [0.15, 0.2) is 6.23 Å². The Kier molecular flexibility index (Phi) is 5.76. The third kappa shape index (κ3) is 4.12. The number of carbonyl (C=O) groups is 1. The molecule has 0 radical (unpaired) electrons. The lowest BCUT2D eigenvalue weighted by Crippen LogP contribution is -2.44. The largest absolute Gasteiger partial charge is 0.443 e. The Balaban J connectivity index is 1.48. The van der Waals surface area contributed by atoms with Gasteiger partial charge in [0, 0.05) is 35.8 Å². The molecule has 1 saturated heterocycles. The highest BCUT2D eigenvalue weighted by molar-refractivity contribution is 6.31. The molecule has 6 heteroatoms. The maximum atomic E-state index is 12.5. The van der Waals surface area contributed by atoms with Crippen molar-refractivity contribution in [1.29, 1.82) is 0 Å². The second kappa shape index (κ2) is 8.43. The summed E-state index contributed by atoms with van der Waals surface area (Å²) in [6.45, 7) is 5.54. The molecule has 1 atom stereocenters. The SMILES string of the molecule is CC(OC(=O)c1ccc(C2=NCCc3ccc(Cl)cc32)cc1)N1CCOCC1. The predicted octanol–water partition coefficient (Wildman–Crippen LogP) is 3.57. The van der Waals surface area contributed by atoms with Gasteiger partial charge in [0.05, 0.1) is 24.5 Å². The van der Waals surface area contributed by atoms with E-state index in [1.807, 2.05) is 31.2 Å². The van der Waals surface area contributed by atoms with Crippen LogP contribution in [0.4, 0.5) is 0 Å². The number of morpholine rings is 1. The van der Waals surface area contributed by atoms with Crippen molar-refractivity contribution in [2.24, 2.45) is 4.99 Å². The van der Waals surface area contributed by atoms with Gasteiger partial charge in [-0.15, -0.1) is 0 Å². The topological polar surface area (TPSA) is 51.1 Å². The molecule has 1 fully saturated rings. The molecule has 0 saturated carbocycles. The van der Waals surface area contributed by atoms with Crippen molar-refractivity contribution in [2.75, 3.05) is 32.8 Å². The van der Waals surface area contributed by atoms with Gasteiger partial charge in [-0.05, 0) is 43.2 Å². The number of ether oxygens (including phenoxy) is 2. The molecule has 0 N–H and O–H groups in total. The second-order valence-corrected chi connectivity index (χ2v) is 7.45.